The second-order valence-corrected chi connectivity index (χ2v) is 8.84. The van der Waals surface area contributed by atoms with Crippen LogP contribution >= 0.6 is 0 Å². The van der Waals surface area contributed by atoms with Gasteiger partial charge < -0.3 is 9.26 Å². The molecule has 0 aliphatic carbocycles. The van der Waals surface area contributed by atoms with Gasteiger partial charge in [0, 0.05) is 24.4 Å². The van der Waals surface area contributed by atoms with Crippen molar-refractivity contribution in [2.45, 2.75) is 33.3 Å². The molecule has 4 aromatic rings. The van der Waals surface area contributed by atoms with E-state index in [1.165, 1.54) is 30.3 Å². The summed E-state index contributed by atoms with van der Waals surface area (Å²) >= 11 is 0. The van der Waals surface area contributed by atoms with Gasteiger partial charge in [0.05, 0.1) is 16.9 Å². The first-order valence-corrected chi connectivity index (χ1v) is 11.0. The number of amides is 2. The number of benzene rings is 2. The molecule has 0 radical (unpaired) electrons. The van der Waals surface area contributed by atoms with E-state index in [-0.39, 0.29) is 11.8 Å². The molecule has 0 aliphatic heterocycles. The van der Waals surface area contributed by atoms with Crippen molar-refractivity contribution in [3.63, 3.8) is 0 Å². The fraction of sp³-hybridized carbons (Fsp3) is 0.192. The number of ether oxygens (including phenoxy) is 1. The Balaban J connectivity index is 1.80. The third-order valence-electron chi connectivity index (χ3n) is 4.90. The summed E-state index contributed by atoms with van der Waals surface area (Å²) in [6.45, 7) is 6.66. The highest BCUT2D eigenvalue weighted by molar-refractivity contribution is 6.03. The number of rotatable bonds is 5. The number of hydrogen-bond acceptors (Lipinski definition) is 7. The fourth-order valence-corrected chi connectivity index (χ4v) is 3.49. The van der Waals surface area contributed by atoms with Crippen LogP contribution in [-0.4, -0.2) is 32.7 Å². The summed E-state index contributed by atoms with van der Waals surface area (Å²) in [5, 5.41) is 6.86. The van der Waals surface area contributed by atoms with E-state index in [9.17, 15) is 14.0 Å². The Hall–Kier alpha value is -4.60. The summed E-state index contributed by atoms with van der Waals surface area (Å²) in [6, 6.07) is 14.0. The quantitative estimate of drug-likeness (QED) is 0.368. The molecule has 0 bridgehead atoms. The summed E-state index contributed by atoms with van der Waals surface area (Å²) in [5.74, 6) is -0.665. The van der Waals surface area contributed by atoms with Crippen molar-refractivity contribution in [3.05, 3.63) is 72.9 Å². The highest BCUT2D eigenvalue weighted by Gasteiger charge is 2.28. The van der Waals surface area contributed by atoms with Crippen LogP contribution in [-0.2, 0) is 9.53 Å². The van der Waals surface area contributed by atoms with E-state index in [0.29, 0.717) is 33.9 Å². The maximum absolute atomic E-state index is 13.5. The van der Waals surface area contributed by atoms with Crippen LogP contribution in [0.2, 0.25) is 0 Å². The van der Waals surface area contributed by atoms with Crippen LogP contribution in [0.3, 0.4) is 0 Å². The molecule has 2 aromatic carbocycles. The van der Waals surface area contributed by atoms with E-state index < -0.39 is 17.5 Å². The van der Waals surface area contributed by atoms with Crippen LogP contribution in [0.5, 0.6) is 0 Å². The minimum atomic E-state index is -0.670. The Morgan fingerprint density at radius 1 is 1.08 bits per heavy atom. The Morgan fingerprint density at radius 3 is 2.47 bits per heavy atom. The monoisotopic (exact) mass is 489 g/mol. The molecular formula is C26H24FN5O4. The molecule has 4 rings (SSSR count). The van der Waals surface area contributed by atoms with E-state index in [1.54, 1.807) is 69.4 Å². The number of nitrogens with one attached hydrogen (secondary N) is 1. The summed E-state index contributed by atoms with van der Waals surface area (Å²) in [7, 11) is 0. The lowest BCUT2D eigenvalue weighted by atomic mass is 10.0. The van der Waals surface area contributed by atoms with Crippen molar-refractivity contribution < 1.29 is 23.2 Å². The number of hydrogen-bond donors (Lipinski definition) is 1. The Kier molecular flexibility index (Phi) is 6.77. The number of nitrogens with zero attached hydrogens (tertiary/aromatic N) is 4. The molecule has 10 heteroatoms. The largest absolute Gasteiger partial charge is 0.444 e. The van der Waals surface area contributed by atoms with E-state index in [1.807, 2.05) is 0 Å². The highest BCUT2D eigenvalue weighted by Crippen LogP contribution is 2.41. The van der Waals surface area contributed by atoms with E-state index in [4.69, 9.17) is 9.26 Å². The molecule has 0 spiro atoms. The molecule has 0 aliphatic rings. The average molecular weight is 490 g/mol. The second kappa shape index (κ2) is 9.95. The minimum Gasteiger partial charge on any atom is -0.444 e. The molecule has 0 atom stereocenters. The lowest BCUT2D eigenvalue weighted by molar-refractivity contribution is -0.116. The fourth-order valence-electron chi connectivity index (χ4n) is 3.49. The lowest BCUT2D eigenvalue weighted by Gasteiger charge is -2.21. The first-order valence-electron chi connectivity index (χ1n) is 11.0. The van der Waals surface area contributed by atoms with Gasteiger partial charge in [-0.25, -0.2) is 24.1 Å². The summed E-state index contributed by atoms with van der Waals surface area (Å²) < 4.78 is 24.5. The standard InChI is InChI=1S/C26H24FN5O4/c1-16(33)32(20-7-5-6-19(14-20)30-25(34)35-26(2,3)4)24-22(21-12-13-28-15-29-21)23(31-36-24)17-8-10-18(27)11-9-17/h5-15H,1-4H3,(H,30,34). The van der Waals surface area contributed by atoms with Crippen molar-refractivity contribution >= 4 is 29.3 Å². The molecule has 0 saturated carbocycles. The van der Waals surface area contributed by atoms with Crippen molar-refractivity contribution in [2.75, 3.05) is 10.2 Å². The van der Waals surface area contributed by atoms with E-state index in [2.05, 4.69) is 20.4 Å². The van der Waals surface area contributed by atoms with Crippen LogP contribution in [0.4, 0.5) is 26.4 Å². The van der Waals surface area contributed by atoms with Crippen LogP contribution in [0.15, 0.2) is 71.6 Å². The van der Waals surface area contributed by atoms with E-state index >= 15 is 0 Å². The number of aromatic nitrogens is 3. The van der Waals surface area contributed by atoms with Crippen molar-refractivity contribution in [1.29, 1.82) is 0 Å². The zero-order valence-electron chi connectivity index (χ0n) is 20.2. The molecule has 36 heavy (non-hydrogen) atoms. The summed E-state index contributed by atoms with van der Waals surface area (Å²) in [5.41, 5.74) is 1.97. The van der Waals surface area contributed by atoms with Gasteiger partial charge in [0.1, 0.15) is 23.4 Å². The van der Waals surface area contributed by atoms with Gasteiger partial charge in [0.2, 0.25) is 11.8 Å². The number of carbonyl (C=O) groups is 2. The summed E-state index contributed by atoms with van der Waals surface area (Å²) in [6.07, 6.45) is 2.29. The zero-order chi connectivity index (χ0) is 25.9. The van der Waals surface area contributed by atoms with Gasteiger partial charge in [-0.15, -0.1) is 0 Å². The Labute approximate surface area is 206 Å². The van der Waals surface area contributed by atoms with Crippen LogP contribution in [0.25, 0.3) is 22.5 Å². The van der Waals surface area contributed by atoms with Crippen molar-refractivity contribution in [2.24, 2.45) is 0 Å². The molecule has 2 heterocycles. The van der Waals surface area contributed by atoms with Crippen molar-refractivity contribution in [1.82, 2.24) is 15.1 Å². The number of halogens is 1. The topological polar surface area (TPSA) is 110 Å². The minimum absolute atomic E-state index is 0.106. The molecule has 9 nitrogen and oxygen atoms in total. The highest BCUT2D eigenvalue weighted by atomic mass is 19.1. The zero-order valence-corrected chi connectivity index (χ0v) is 20.2. The van der Waals surface area contributed by atoms with Crippen molar-refractivity contribution in [3.8, 4) is 22.5 Å². The van der Waals surface area contributed by atoms with Gasteiger partial charge in [-0.1, -0.05) is 11.2 Å². The van der Waals surface area contributed by atoms with Gasteiger partial charge in [-0.2, -0.15) is 0 Å². The smallest absolute Gasteiger partial charge is 0.412 e. The predicted molar refractivity (Wildman–Crippen MR) is 132 cm³/mol. The van der Waals surface area contributed by atoms with Gasteiger partial charge >= 0.3 is 6.09 Å². The maximum Gasteiger partial charge on any atom is 0.412 e. The van der Waals surface area contributed by atoms with Crippen LogP contribution in [0.1, 0.15) is 27.7 Å². The molecule has 0 saturated heterocycles. The number of anilines is 3. The molecule has 2 aromatic heterocycles. The Bertz CT molecular complexity index is 1380. The maximum atomic E-state index is 13.5. The van der Waals surface area contributed by atoms with Gasteiger partial charge in [-0.05, 0) is 69.3 Å². The van der Waals surface area contributed by atoms with Gasteiger partial charge in [0.15, 0.2) is 0 Å². The van der Waals surface area contributed by atoms with Crippen LogP contribution in [0, 0.1) is 5.82 Å². The molecule has 184 valence electrons. The second-order valence-electron chi connectivity index (χ2n) is 8.84. The Morgan fingerprint density at radius 2 is 1.83 bits per heavy atom. The average Bonchev–Trinajstić information content (AvgIpc) is 3.23. The first-order chi connectivity index (χ1) is 17.1. The third-order valence-corrected chi connectivity index (χ3v) is 4.90. The third kappa shape index (κ3) is 5.54. The molecule has 0 unspecified atom stereocenters. The van der Waals surface area contributed by atoms with Crippen LogP contribution < -0.4 is 10.2 Å². The molecular weight excluding hydrogens is 465 g/mol. The van der Waals surface area contributed by atoms with Gasteiger partial charge in [-0.3, -0.25) is 10.1 Å². The molecule has 1 N–H and O–H groups in total. The first kappa shape index (κ1) is 24.5. The predicted octanol–water partition coefficient (Wildman–Crippen LogP) is 5.97. The molecule has 0 fully saturated rings. The number of carbonyl (C=O) groups excluding carboxylic acids is 2. The van der Waals surface area contributed by atoms with Gasteiger partial charge in [0.25, 0.3) is 0 Å². The summed E-state index contributed by atoms with van der Waals surface area (Å²) in [4.78, 5) is 34.7. The lowest BCUT2D eigenvalue weighted by Crippen LogP contribution is -2.27. The SMILES string of the molecule is CC(=O)N(c1cccc(NC(=O)OC(C)(C)C)c1)c1onc(-c2ccc(F)cc2)c1-c1ccncn1. The molecule has 2 amide bonds. The van der Waals surface area contributed by atoms with E-state index in [0.717, 1.165) is 0 Å². The normalized spacial score (nSPS) is 11.1.